The van der Waals surface area contributed by atoms with Gasteiger partial charge in [0, 0.05) is 12.5 Å². The molecule has 0 atom stereocenters. The van der Waals surface area contributed by atoms with Gasteiger partial charge in [-0.25, -0.2) is 0 Å². The molecule has 1 aliphatic heterocycles. The van der Waals surface area contributed by atoms with Crippen LogP contribution in [0.1, 0.15) is 26.7 Å². The maximum absolute atomic E-state index is 7.73. The van der Waals surface area contributed by atoms with Gasteiger partial charge in [0.1, 0.15) is 0 Å². The highest BCUT2D eigenvalue weighted by atomic mass is 16.5. The van der Waals surface area contributed by atoms with Crippen LogP contribution in [0.3, 0.4) is 0 Å². The van der Waals surface area contributed by atoms with E-state index in [1.54, 1.807) is 21.0 Å². The van der Waals surface area contributed by atoms with Crippen molar-refractivity contribution in [2.45, 2.75) is 32.8 Å². The first-order chi connectivity index (χ1) is 6.62. The predicted octanol–water partition coefficient (Wildman–Crippen LogP) is 1.67. The van der Waals surface area contributed by atoms with Crippen molar-refractivity contribution in [2.75, 3.05) is 20.3 Å². The van der Waals surface area contributed by atoms with Gasteiger partial charge in [0.25, 0.3) is 0 Å². The number of methoxy groups -OCH3 is 1. The molecule has 4 heteroatoms. The van der Waals surface area contributed by atoms with Crippen molar-refractivity contribution in [3.63, 3.8) is 0 Å². The summed E-state index contributed by atoms with van der Waals surface area (Å²) in [6.45, 7) is 5.40. The van der Waals surface area contributed by atoms with E-state index in [4.69, 9.17) is 14.7 Å². The zero-order valence-corrected chi connectivity index (χ0v) is 9.12. The topological polar surface area (TPSA) is 51.1 Å². The fraction of sp³-hybridized carbons (Fsp3) is 0.900. The minimum atomic E-state index is 0.536. The van der Waals surface area contributed by atoms with Gasteiger partial charge < -0.3 is 14.7 Å². The van der Waals surface area contributed by atoms with Crippen LogP contribution in [0.2, 0.25) is 0 Å². The van der Waals surface area contributed by atoms with E-state index in [1.807, 2.05) is 0 Å². The molecule has 2 fully saturated rings. The molecule has 1 saturated carbocycles. The maximum Gasteiger partial charge on any atom is 0.0585 e. The van der Waals surface area contributed by atoms with Crippen LogP contribution in [0.15, 0.2) is 5.16 Å². The van der Waals surface area contributed by atoms with Crippen molar-refractivity contribution in [3.05, 3.63) is 0 Å². The third kappa shape index (κ3) is 2.69. The van der Waals surface area contributed by atoms with Gasteiger partial charge in [-0.2, -0.15) is 0 Å². The summed E-state index contributed by atoms with van der Waals surface area (Å²) >= 11 is 0. The van der Waals surface area contributed by atoms with Gasteiger partial charge in [0.15, 0.2) is 0 Å². The molecule has 1 aliphatic carbocycles. The predicted molar refractivity (Wildman–Crippen MR) is 53.9 cm³/mol. The third-order valence-electron chi connectivity index (χ3n) is 2.67. The summed E-state index contributed by atoms with van der Waals surface area (Å²) < 4.78 is 10.3. The molecule has 4 nitrogen and oxygen atoms in total. The Morgan fingerprint density at radius 2 is 1.93 bits per heavy atom. The fourth-order valence-electron chi connectivity index (χ4n) is 1.70. The van der Waals surface area contributed by atoms with Crippen molar-refractivity contribution in [2.24, 2.45) is 10.6 Å². The third-order valence-corrected chi connectivity index (χ3v) is 2.67. The summed E-state index contributed by atoms with van der Waals surface area (Å²) in [7, 11) is 1.79. The quantitative estimate of drug-likeness (QED) is 0.399. The van der Waals surface area contributed by atoms with Crippen LogP contribution in [0.25, 0.3) is 0 Å². The lowest BCUT2D eigenvalue weighted by Crippen LogP contribution is -2.54. The highest BCUT2D eigenvalue weighted by molar-refractivity contribution is 5.78. The Kier molecular flexibility index (Phi) is 3.89. The van der Waals surface area contributed by atoms with Crippen LogP contribution in [-0.4, -0.2) is 37.3 Å². The molecule has 2 aliphatic rings. The van der Waals surface area contributed by atoms with Crippen molar-refractivity contribution in [1.29, 1.82) is 0 Å². The molecule has 0 unspecified atom stereocenters. The molecule has 0 bridgehead atoms. The van der Waals surface area contributed by atoms with Gasteiger partial charge in [0.05, 0.1) is 25.0 Å². The van der Waals surface area contributed by atoms with E-state index in [0.717, 1.165) is 13.2 Å². The minimum Gasteiger partial charge on any atom is -0.411 e. The highest BCUT2D eigenvalue weighted by Crippen LogP contribution is 2.47. The molecule has 0 amide bonds. The number of oxime groups is 1. The van der Waals surface area contributed by atoms with Gasteiger partial charge in [-0.3, -0.25) is 0 Å². The lowest BCUT2D eigenvalue weighted by atomic mass is 9.65. The molecule has 82 valence electrons. The Bertz CT molecular complexity index is 199. The smallest absolute Gasteiger partial charge is 0.0585 e. The van der Waals surface area contributed by atoms with Gasteiger partial charge in [-0.1, -0.05) is 5.16 Å². The van der Waals surface area contributed by atoms with Crippen molar-refractivity contribution in [3.8, 4) is 0 Å². The molecule has 1 spiro atoms. The van der Waals surface area contributed by atoms with Crippen LogP contribution in [0.4, 0.5) is 0 Å². The van der Waals surface area contributed by atoms with Crippen molar-refractivity contribution >= 4 is 5.71 Å². The highest BCUT2D eigenvalue weighted by Gasteiger charge is 2.49. The molecule has 0 radical (unpaired) electrons. The van der Waals surface area contributed by atoms with E-state index in [9.17, 15) is 0 Å². The Balaban J connectivity index is 0.000000171. The van der Waals surface area contributed by atoms with E-state index in [-0.39, 0.29) is 0 Å². The molecule has 0 aromatic carbocycles. The van der Waals surface area contributed by atoms with Gasteiger partial charge in [0.2, 0.25) is 0 Å². The summed E-state index contributed by atoms with van der Waals surface area (Å²) in [5, 5.41) is 10.5. The lowest BCUT2D eigenvalue weighted by molar-refractivity contribution is -0.203. The van der Waals surface area contributed by atoms with E-state index in [1.165, 1.54) is 12.8 Å². The first-order valence-electron chi connectivity index (χ1n) is 4.88. The first-order valence-corrected chi connectivity index (χ1v) is 4.88. The van der Waals surface area contributed by atoms with Gasteiger partial charge >= 0.3 is 0 Å². The summed E-state index contributed by atoms with van der Waals surface area (Å²) in [5.41, 5.74) is 1.26. The molecule has 0 aromatic rings. The van der Waals surface area contributed by atoms with E-state index in [0.29, 0.717) is 17.2 Å². The Hall–Kier alpha value is -0.610. The van der Waals surface area contributed by atoms with Crippen LogP contribution in [0, 0.1) is 5.41 Å². The minimum absolute atomic E-state index is 0.536. The van der Waals surface area contributed by atoms with Crippen molar-refractivity contribution in [1.82, 2.24) is 0 Å². The maximum atomic E-state index is 7.73. The van der Waals surface area contributed by atoms with E-state index < -0.39 is 0 Å². The number of hydrogen-bond donors (Lipinski definition) is 1. The molecule has 1 N–H and O–H groups in total. The van der Waals surface area contributed by atoms with E-state index >= 15 is 0 Å². The van der Waals surface area contributed by atoms with Gasteiger partial charge in [-0.05, 0) is 26.7 Å². The van der Waals surface area contributed by atoms with E-state index in [2.05, 4.69) is 5.16 Å². The molecular weight excluding hydrogens is 182 g/mol. The second kappa shape index (κ2) is 4.75. The standard InChI is InChI=1S/C7H12O2.C3H7NO/c1-8-6-2-7(3-6)4-9-5-7;1-3(2)4-5/h6H,2-5H2,1H3;5H,1-2H3. The Labute approximate surface area is 84.9 Å². The number of nitrogens with zero attached hydrogens (tertiary/aromatic N) is 1. The summed E-state index contributed by atoms with van der Waals surface area (Å²) in [6, 6.07) is 0. The van der Waals surface area contributed by atoms with Crippen LogP contribution in [0.5, 0.6) is 0 Å². The molecule has 1 saturated heterocycles. The SMILES string of the molecule is CC(C)=NO.COC1CC2(COC2)C1. The second-order valence-electron chi connectivity index (χ2n) is 4.31. The van der Waals surface area contributed by atoms with Crippen LogP contribution < -0.4 is 0 Å². The summed E-state index contributed by atoms with van der Waals surface area (Å²) in [6.07, 6.45) is 2.99. The summed E-state index contributed by atoms with van der Waals surface area (Å²) in [4.78, 5) is 0. The normalized spacial score (nSPS) is 22.8. The number of rotatable bonds is 1. The van der Waals surface area contributed by atoms with Crippen molar-refractivity contribution < 1.29 is 14.7 Å². The van der Waals surface area contributed by atoms with Crippen LogP contribution >= 0.6 is 0 Å². The number of hydrogen-bond acceptors (Lipinski definition) is 4. The average Bonchev–Trinajstić information content (AvgIpc) is 2.01. The monoisotopic (exact) mass is 201 g/mol. The largest absolute Gasteiger partial charge is 0.411 e. The molecule has 0 aromatic heterocycles. The van der Waals surface area contributed by atoms with Crippen LogP contribution in [-0.2, 0) is 9.47 Å². The Morgan fingerprint density at radius 1 is 1.43 bits per heavy atom. The first kappa shape index (κ1) is 11.5. The molecule has 1 heterocycles. The molecular formula is C10H19NO3. The van der Waals surface area contributed by atoms with Gasteiger partial charge in [-0.15, -0.1) is 0 Å². The molecule has 14 heavy (non-hydrogen) atoms. The zero-order valence-electron chi connectivity index (χ0n) is 9.12. The summed E-state index contributed by atoms with van der Waals surface area (Å²) in [5.74, 6) is 0. The fourth-order valence-corrected chi connectivity index (χ4v) is 1.70. The second-order valence-corrected chi connectivity index (χ2v) is 4.31. The molecule has 2 rings (SSSR count). The zero-order chi connectivity index (χ0) is 10.6. The Morgan fingerprint density at radius 3 is 2.14 bits per heavy atom. The number of ether oxygens (including phenoxy) is 2. The average molecular weight is 201 g/mol. The lowest BCUT2D eigenvalue weighted by Gasteiger charge is -2.52.